The third-order valence-electron chi connectivity index (χ3n) is 2.55. The molecule has 7 heteroatoms. The maximum Gasteiger partial charge on any atom is 0.283 e. The fourth-order valence-corrected chi connectivity index (χ4v) is 149. The van der Waals surface area contributed by atoms with E-state index in [2.05, 4.69) is 32.4 Å². The van der Waals surface area contributed by atoms with Gasteiger partial charge < -0.3 is 0 Å². The van der Waals surface area contributed by atoms with E-state index in [1.54, 1.807) is 0 Å². The molecule has 74 valence electrons. The fourth-order valence-electron chi connectivity index (χ4n) is 2.11. The Morgan fingerprint density at radius 3 is 1.62 bits per heavy atom. The van der Waals surface area contributed by atoms with Gasteiger partial charge in [-0.05, 0) is 27.7 Å². The van der Waals surface area contributed by atoms with Crippen LogP contribution in [0.1, 0.15) is 27.7 Å². The molecule has 0 atom stereocenters. The predicted octanol–water partition coefficient (Wildman–Crippen LogP) is 6.57. The second-order valence-electron chi connectivity index (χ2n) is 4.14. The first-order valence-electron chi connectivity index (χ1n) is 4.59. The van der Waals surface area contributed by atoms with Gasteiger partial charge in [-0.2, -0.15) is 0 Å². The average molecular weight is 291 g/mol. The van der Waals surface area contributed by atoms with E-state index in [1.807, 2.05) is 0 Å². The first-order valence-corrected chi connectivity index (χ1v) is 17.5. The largest absolute Gasteiger partial charge is 0.283 e. The number of rotatable bonds is 3. The molecule has 0 aromatic carbocycles. The molecule has 0 fully saturated rings. The molecule has 2 bridgehead atoms. The van der Waals surface area contributed by atoms with Crippen LogP contribution in [0.4, 0.5) is 0 Å². The summed E-state index contributed by atoms with van der Waals surface area (Å²) >= 11 is 6.91. The van der Waals surface area contributed by atoms with Gasteiger partial charge in [0, 0.05) is 12.1 Å². The van der Waals surface area contributed by atoms with Crippen LogP contribution in [0, 0.1) is 0 Å². The highest BCUT2D eigenvalue weighted by atomic mass is 35.7. The molecule has 2 aliphatic rings. The second kappa shape index (κ2) is 2.76. The Balaban J connectivity index is 1.88. The van der Waals surface area contributed by atoms with E-state index >= 15 is 0 Å². The normalized spacial score (nSPS) is 33.2. The molecule has 2 aromatic rings. The van der Waals surface area contributed by atoms with Gasteiger partial charge in [0.1, 0.15) is 24.4 Å². The molecular weight excluding hydrogens is 276 g/mol. The van der Waals surface area contributed by atoms with Gasteiger partial charge in [-0.3, -0.25) is 0 Å². The minimum atomic E-state index is -0.929. The van der Waals surface area contributed by atoms with Crippen molar-refractivity contribution in [3.8, 4) is 0 Å². The molecule has 0 unspecified atom stereocenters. The van der Waals surface area contributed by atoms with Crippen LogP contribution < -0.4 is 0 Å². The minimum absolute atomic E-state index is 0.520. The van der Waals surface area contributed by atoms with Gasteiger partial charge in [0.25, 0.3) is 6.14 Å². The van der Waals surface area contributed by atoms with Crippen molar-refractivity contribution in [1.29, 1.82) is 0 Å². The summed E-state index contributed by atoms with van der Waals surface area (Å²) in [6, 6.07) is 1.38. The number of hydrogen-bond acceptors (Lipinski definition) is 1. The summed E-state index contributed by atoms with van der Waals surface area (Å²) in [6.07, 6.45) is 0.536. The molecule has 0 aliphatic carbocycles. The second-order valence-corrected chi connectivity index (χ2v) is 40.8. The van der Waals surface area contributed by atoms with Gasteiger partial charge in [-0.15, -0.1) is 4.67 Å². The van der Waals surface area contributed by atoms with Crippen molar-refractivity contribution in [3.63, 3.8) is 0 Å². The fraction of sp³-hybridized carbons (Fsp3) is 1.00. The van der Waals surface area contributed by atoms with E-state index in [9.17, 15) is 0 Å². The molecule has 0 saturated carbocycles. The molecule has 0 amide bonds. The van der Waals surface area contributed by atoms with Gasteiger partial charge in [0.05, 0.1) is 12.7 Å². The van der Waals surface area contributed by atoms with Crippen molar-refractivity contribution < 1.29 is 0 Å². The Bertz CT molecular complexity index is 379. The van der Waals surface area contributed by atoms with Crippen molar-refractivity contribution in [3.05, 3.63) is 0 Å². The lowest BCUT2D eigenvalue weighted by molar-refractivity contribution is 0.329. The molecule has 0 spiro atoms. The molecule has 2 aromatic heterocycles. The monoisotopic (exact) mass is 290 g/mol. The third-order valence-corrected chi connectivity index (χ3v) is 83.0. The van der Waals surface area contributed by atoms with Crippen molar-refractivity contribution in [2.75, 3.05) is 0 Å². The third kappa shape index (κ3) is 1.02. The Morgan fingerprint density at radius 2 is 1.38 bits per heavy atom. The SMILES string of the molecule is CC(C)N(C(C)C)[P+]1(Cl)p2p3p1p23. The van der Waals surface area contributed by atoms with E-state index in [1.165, 1.54) is 0 Å². The molecule has 1 nitrogen and oxygen atoms in total. The van der Waals surface area contributed by atoms with Gasteiger partial charge in [-0.25, -0.2) is 0 Å². The summed E-state index contributed by atoms with van der Waals surface area (Å²) in [6.45, 7) is 10.3. The van der Waals surface area contributed by atoms with E-state index in [0.717, 1.165) is 12.7 Å². The lowest BCUT2D eigenvalue weighted by atomic mass is 10.3. The Morgan fingerprint density at radius 1 is 1.00 bits per heavy atom. The molecule has 0 saturated heterocycles. The highest BCUT2D eigenvalue weighted by molar-refractivity contribution is 9.44. The van der Waals surface area contributed by atoms with E-state index in [0.29, 0.717) is 25.2 Å². The maximum absolute atomic E-state index is 6.91. The number of hydrogen-bond donors (Lipinski definition) is 0. The van der Waals surface area contributed by atoms with E-state index < -0.39 is 6.14 Å². The zero-order valence-corrected chi connectivity index (χ0v) is 13.4. The van der Waals surface area contributed by atoms with Crippen LogP contribution in [0.5, 0.6) is 0 Å². The van der Waals surface area contributed by atoms with Crippen LogP contribution in [0.15, 0.2) is 0 Å². The Kier molecular flexibility index (Phi) is 2.14. The molecule has 4 heterocycles. The molecular formula is C6H14ClNP5+. The summed E-state index contributed by atoms with van der Waals surface area (Å²) in [4.78, 5) is 0. The van der Waals surface area contributed by atoms with Crippen LogP contribution in [-0.2, 0) is 0 Å². The zero-order chi connectivity index (χ0) is 9.54. The molecule has 2 aliphatic heterocycles. The van der Waals surface area contributed by atoms with E-state index in [4.69, 9.17) is 11.2 Å². The van der Waals surface area contributed by atoms with Gasteiger partial charge in [-0.1, -0.05) is 0 Å². The van der Waals surface area contributed by atoms with Crippen LogP contribution in [-0.4, -0.2) is 16.8 Å². The topological polar surface area (TPSA) is 3.24 Å². The molecule has 0 radical (unpaired) electrons. The summed E-state index contributed by atoms with van der Waals surface area (Å²) in [5, 5.41) is 0. The highest BCUT2D eigenvalue weighted by Crippen LogP contribution is 3.44. The quantitative estimate of drug-likeness (QED) is 0.578. The molecule has 0 N–H and O–H groups in total. The molecule has 4 rings (SSSR count). The standard InChI is InChI=1S/C6H14ClNP5/c1-5(2)8(6(3)4)13(7)11-9-10(11)12(9)13/h5-6H,1-4H3/q+1. The zero-order valence-electron chi connectivity index (χ0n) is 8.22. The first kappa shape index (κ1) is 10.1. The van der Waals surface area contributed by atoms with Crippen molar-refractivity contribution in [2.24, 2.45) is 0 Å². The highest BCUT2D eigenvalue weighted by Gasteiger charge is 2.79. The predicted molar refractivity (Wildman–Crippen MR) is 72.6 cm³/mol. The summed E-state index contributed by atoms with van der Waals surface area (Å²) in [5.41, 5.74) is 0. The van der Waals surface area contributed by atoms with Crippen LogP contribution in [0.2, 0.25) is 0 Å². The van der Waals surface area contributed by atoms with Crippen LogP contribution >= 0.6 is 43.3 Å². The Hall–Kier alpha value is 1.88. The molecule has 13 heavy (non-hydrogen) atoms. The summed E-state index contributed by atoms with van der Waals surface area (Å²) < 4.78 is 2.72. The first-order chi connectivity index (χ1) is 6.01. The minimum Gasteiger partial charge on any atom is -0.145 e. The summed E-state index contributed by atoms with van der Waals surface area (Å²) in [5.74, 6) is 0. The smallest absolute Gasteiger partial charge is 0.145 e. The van der Waals surface area contributed by atoms with Crippen LogP contribution in [0.25, 0.3) is 0 Å². The number of nitrogens with zero attached hydrogens (tertiary/aromatic N) is 1. The van der Waals surface area contributed by atoms with E-state index in [-0.39, 0.29) is 0 Å². The van der Waals surface area contributed by atoms with Crippen molar-refractivity contribution in [2.45, 2.75) is 39.8 Å². The number of halogens is 1. The van der Waals surface area contributed by atoms with Crippen molar-refractivity contribution in [1.82, 2.24) is 4.67 Å². The lowest BCUT2D eigenvalue weighted by Gasteiger charge is -2.37. The van der Waals surface area contributed by atoms with Crippen LogP contribution in [0.3, 0.4) is 0 Å². The van der Waals surface area contributed by atoms with Gasteiger partial charge in [0.15, 0.2) is 0 Å². The lowest BCUT2D eigenvalue weighted by Crippen LogP contribution is -2.33. The van der Waals surface area contributed by atoms with Gasteiger partial charge >= 0.3 is 0 Å². The Labute approximate surface area is 87.8 Å². The average Bonchev–Trinajstić information content (AvgIpc) is 2.66. The maximum atomic E-state index is 6.91. The van der Waals surface area contributed by atoms with Gasteiger partial charge in [0.2, 0.25) is 0 Å². The summed E-state index contributed by atoms with van der Waals surface area (Å²) in [7, 11) is 0. The van der Waals surface area contributed by atoms with Crippen molar-refractivity contribution >= 4 is 43.3 Å².